The lowest BCUT2D eigenvalue weighted by Gasteiger charge is -2.16. The third kappa shape index (κ3) is 2.59. The number of aryl methyl sites for hydroxylation is 3. The molecule has 0 aliphatic carbocycles. The van der Waals surface area contributed by atoms with Gasteiger partial charge in [-0.05, 0) is 39.4 Å². The largest absolute Gasteiger partial charge is 0.469 e. The van der Waals surface area contributed by atoms with E-state index in [0.29, 0.717) is 0 Å². The Balaban J connectivity index is 2.41. The van der Waals surface area contributed by atoms with Gasteiger partial charge in [-0.15, -0.1) is 0 Å². The Morgan fingerprint density at radius 3 is 2.06 bits per heavy atom. The first kappa shape index (κ1) is 11.9. The fraction of sp³-hybridized carbons (Fsp3) is 0.333. The molecule has 0 aliphatic heterocycles. The number of hydrogen-bond acceptors (Lipinski definition) is 2. The van der Waals surface area contributed by atoms with E-state index in [2.05, 4.69) is 43.4 Å². The number of benzene rings is 1. The second-order valence-electron chi connectivity index (χ2n) is 4.63. The van der Waals surface area contributed by atoms with Crippen LogP contribution < -0.4 is 5.32 Å². The summed E-state index contributed by atoms with van der Waals surface area (Å²) in [6, 6.07) is 8.91. The summed E-state index contributed by atoms with van der Waals surface area (Å²) in [6.45, 7) is 6.23. The predicted octanol–water partition coefficient (Wildman–Crippen LogP) is 3.51. The summed E-state index contributed by atoms with van der Waals surface area (Å²) in [6.07, 6.45) is 1.83. The molecular formula is C15H19NO. The summed E-state index contributed by atoms with van der Waals surface area (Å²) in [4.78, 5) is 0. The van der Waals surface area contributed by atoms with Crippen LogP contribution in [0.2, 0.25) is 0 Å². The average Bonchev–Trinajstić information content (AvgIpc) is 2.64. The highest BCUT2D eigenvalue weighted by Gasteiger charge is 2.14. The van der Waals surface area contributed by atoms with Crippen LogP contribution in [0.5, 0.6) is 0 Å². The Bertz CT molecular complexity index is 493. The van der Waals surface area contributed by atoms with Crippen molar-refractivity contribution in [3.63, 3.8) is 0 Å². The van der Waals surface area contributed by atoms with E-state index < -0.39 is 0 Å². The summed E-state index contributed by atoms with van der Waals surface area (Å²) in [5, 5.41) is 3.34. The van der Waals surface area contributed by atoms with Gasteiger partial charge >= 0.3 is 0 Å². The molecule has 0 saturated carbocycles. The zero-order valence-corrected chi connectivity index (χ0v) is 10.9. The molecule has 0 bridgehead atoms. The minimum Gasteiger partial charge on any atom is -0.469 e. The van der Waals surface area contributed by atoms with Crippen LogP contribution in [-0.2, 0) is 0 Å². The summed E-state index contributed by atoms with van der Waals surface area (Å²) >= 11 is 0. The molecule has 0 fully saturated rings. The van der Waals surface area contributed by atoms with Crippen molar-refractivity contribution in [1.29, 1.82) is 0 Å². The lowest BCUT2D eigenvalue weighted by atomic mass is 9.97. The van der Waals surface area contributed by atoms with Crippen molar-refractivity contribution < 1.29 is 4.42 Å². The van der Waals surface area contributed by atoms with Gasteiger partial charge in [-0.1, -0.05) is 29.3 Å². The molecule has 2 nitrogen and oxygen atoms in total. The van der Waals surface area contributed by atoms with Gasteiger partial charge in [0.05, 0.1) is 12.3 Å². The molecular weight excluding hydrogens is 210 g/mol. The SMILES string of the molecule is CNC(c1cc(C)cc(C)c1)c1coc(C)c1. The summed E-state index contributed by atoms with van der Waals surface area (Å²) < 4.78 is 5.39. The minimum atomic E-state index is 0.200. The molecule has 0 radical (unpaired) electrons. The maximum Gasteiger partial charge on any atom is 0.101 e. The van der Waals surface area contributed by atoms with Crippen molar-refractivity contribution in [2.24, 2.45) is 0 Å². The summed E-state index contributed by atoms with van der Waals surface area (Å²) in [5.41, 5.74) is 5.04. The zero-order valence-electron chi connectivity index (χ0n) is 10.9. The first-order valence-electron chi connectivity index (χ1n) is 5.90. The van der Waals surface area contributed by atoms with Crippen LogP contribution in [0.1, 0.15) is 34.1 Å². The van der Waals surface area contributed by atoms with Crippen molar-refractivity contribution in [1.82, 2.24) is 5.32 Å². The Hall–Kier alpha value is -1.54. The highest BCUT2D eigenvalue weighted by Crippen LogP contribution is 2.25. The van der Waals surface area contributed by atoms with Gasteiger partial charge in [-0.3, -0.25) is 0 Å². The molecule has 2 aromatic rings. The standard InChI is InChI=1S/C15H19NO/c1-10-5-11(2)7-13(6-10)15(16-4)14-8-12(3)17-9-14/h5-9,15-16H,1-4H3. The molecule has 1 heterocycles. The smallest absolute Gasteiger partial charge is 0.101 e. The van der Waals surface area contributed by atoms with E-state index >= 15 is 0 Å². The molecule has 0 amide bonds. The Labute approximate surface area is 103 Å². The van der Waals surface area contributed by atoms with Gasteiger partial charge in [-0.25, -0.2) is 0 Å². The van der Waals surface area contributed by atoms with E-state index in [1.807, 2.05) is 20.2 Å². The molecule has 17 heavy (non-hydrogen) atoms. The van der Waals surface area contributed by atoms with Gasteiger partial charge < -0.3 is 9.73 Å². The van der Waals surface area contributed by atoms with Crippen LogP contribution in [0.25, 0.3) is 0 Å². The fourth-order valence-corrected chi connectivity index (χ4v) is 2.32. The highest BCUT2D eigenvalue weighted by molar-refractivity contribution is 5.36. The number of hydrogen-bond donors (Lipinski definition) is 1. The topological polar surface area (TPSA) is 25.2 Å². The first-order valence-corrected chi connectivity index (χ1v) is 5.90. The number of rotatable bonds is 3. The Morgan fingerprint density at radius 2 is 1.59 bits per heavy atom. The third-order valence-corrected chi connectivity index (χ3v) is 2.95. The Morgan fingerprint density at radius 1 is 0.941 bits per heavy atom. The molecule has 1 aromatic heterocycles. The van der Waals surface area contributed by atoms with Gasteiger partial charge in [-0.2, -0.15) is 0 Å². The lowest BCUT2D eigenvalue weighted by Crippen LogP contribution is -2.17. The van der Waals surface area contributed by atoms with Crippen molar-refractivity contribution >= 4 is 0 Å². The molecule has 0 spiro atoms. The molecule has 1 aromatic carbocycles. The van der Waals surface area contributed by atoms with E-state index in [9.17, 15) is 0 Å². The molecule has 1 N–H and O–H groups in total. The van der Waals surface area contributed by atoms with Gasteiger partial charge in [0.1, 0.15) is 5.76 Å². The molecule has 90 valence electrons. The molecule has 1 unspecified atom stereocenters. The second kappa shape index (κ2) is 4.76. The maximum absolute atomic E-state index is 5.39. The van der Waals surface area contributed by atoms with E-state index in [-0.39, 0.29) is 6.04 Å². The summed E-state index contributed by atoms with van der Waals surface area (Å²) in [7, 11) is 1.98. The van der Waals surface area contributed by atoms with Crippen LogP contribution in [0, 0.1) is 20.8 Å². The minimum absolute atomic E-state index is 0.200. The normalized spacial score (nSPS) is 12.7. The van der Waals surface area contributed by atoms with Crippen molar-refractivity contribution in [3.05, 3.63) is 58.5 Å². The van der Waals surface area contributed by atoms with E-state index in [0.717, 1.165) is 5.76 Å². The van der Waals surface area contributed by atoms with E-state index in [1.165, 1.54) is 22.3 Å². The third-order valence-electron chi connectivity index (χ3n) is 2.95. The number of furan rings is 1. The van der Waals surface area contributed by atoms with Gasteiger partial charge in [0, 0.05) is 5.56 Å². The van der Waals surface area contributed by atoms with Crippen LogP contribution in [0.3, 0.4) is 0 Å². The summed E-state index contributed by atoms with van der Waals surface area (Å²) in [5.74, 6) is 0.949. The number of nitrogens with one attached hydrogen (secondary N) is 1. The molecule has 0 aliphatic rings. The van der Waals surface area contributed by atoms with E-state index in [1.54, 1.807) is 0 Å². The second-order valence-corrected chi connectivity index (χ2v) is 4.63. The zero-order chi connectivity index (χ0) is 12.4. The van der Waals surface area contributed by atoms with Gasteiger partial charge in [0.25, 0.3) is 0 Å². The van der Waals surface area contributed by atoms with Crippen molar-refractivity contribution in [3.8, 4) is 0 Å². The average molecular weight is 229 g/mol. The fourth-order valence-electron chi connectivity index (χ4n) is 2.32. The lowest BCUT2D eigenvalue weighted by molar-refractivity contribution is 0.528. The Kier molecular flexibility index (Phi) is 3.34. The van der Waals surface area contributed by atoms with E-state index in [4.69, 9.17) is 4.42 Å². The molecule has 2 rings (SSSR count). The quantitative estimate of drug-likeness (QED) is 0.871. The molecule has 2 heteroatoms. The van der Waals surface area contributed by atoms with Crippen LogP contribution in [-0.4, -0.2) is 7.05 Å². The van der Waals surface area contributed by atoms with Crippen LogP contribution in [0.4, 0.5) is 0 Å². The van der Waals surface area contributed by atoms with Gasteiger partial charge in [0.15, 0.2) is 0 Å². The monoisotopic (exact) mass is 229 g/mol. The maximum atomic E-state index is 5.39. The highest BCUT2D eigenvalue weighted by atomic mass is 16.3. The molecule has 0 saturated heterocycles. The molecule has 1 atom stereocenters. The van der Waals surface area contributed by atoms with Crippen molar-refractivity contribution in [2.45, 2.75) is 26.8 Å². The van der Waals surface area contributed by atoms with Gasteiger partial charge in [0.2, 0.25) is 0 Å². The predicted molar refractivity (Wildman–Crippen MR) is 70.3 cm³/mol. The first-order chi connectivity index (χ1) is 8.10. The van der Waals surface area contributed by atoms with Crippen LogP contribution in [0.15, 0.2) is 34.9 Å². The van der Waals surface area contributed by atoms with Crippen molar-refractivity contribution in [2.75, 3.05) is 7.05 Å². The van der Waals surface area contributed by atoms with Crippen LogP contribution >= 0.6 is 0 Å².